The number of hydrogen-bond acceptors (Lipinski definition) is 4. The Bertz CT molecular complexity index is 547. The molecule has 2 aromatic rings. The van der Waals surface area contributed by atoms with Crippen molar-refractivity contribution in [2.24, 2.45) is 5.73 Å². The van der Waals surface area contributed by atoms with Crippen molar-refractivity contribution in [1.29, 1.82) is 0 Å². The predicted molar refractivity (Wildman–Crippen MR) is 72.6 cm³/mol. The molecule has 0 aliphatic carbocycles. The molecule has 16 heavy (non-hydrogen) atoms. The molecule has 0 fully saturated rings. The summed E-state index contributed by atoms with van der Waals surface area (Å²) >= 11 is 6.27. The van der Waals surface area contributed by atoms with Gasteiger partial charge in [0.15, 0.2) is 5.11 Å². The molecule has 4 nitrogen and oxygen atoms in total. The van der Waals surface area contributed by atoms with Gasteiger partial charge in [0.2, 0.25) is 5.13 Å². The number of nitrogens with zero attached hydrogens (tertiary/aromatic N) is 1. The van der Waals surface area contributed by atoms with Crippen LogP contribution in [0.15, 0.2) is 12.1 Å². The van der Waals surface area contributed by atoms with Gasteiger partial charge < -0.3 is 5.73 Å². The molecule has 4 N–H and O–H groups in total. The summed E-state index contributed by atoms with van der Waals surface area (Å²) in [5.41, 5.74) is 14.3. The summed E-state index contributed by atoms with van der Waals surface area (Å²) in [6.45, 7) is 4.15. The summed E-state index contributed by atoms with van der Waals surface area (Å²) in [7, 11) is 0. The highest BCUT2D eigenvalue weighted by Gasteiger charge is 2.07. The quantitative estimate of drug-likeness (QED) is 0.564. The van der Waals surface area contributed by atoms with E-state index in [-0.39, 0.29) is 5.11 Å². The number of benzene rings is 1. The summed E-state index contributed by atoms with van der Waals surface area (Å²) in [5, 5.41) is 0.962. The van der Waals surface area contributed by atoms with Crippen LogP contribution in [0.2, 0.25) is 0 Å². The van der Waals surface area contributed by atoms with E-state index in [0.717, 1.165) is 15.3 Å². The lowest BCUT2D eigenvalue weighted by atomic mass is 10.1. The average Bonchev–Trinajstić information content (AvgIpc) is 2.64. The standard InChI is InChI=1S/C10H12N4S2/c1-5-3-4-7-8(6(5)2)12-10(16-7)14-13-9(11)15/h3-4H,1-2H3,(H,12,14)(H3,11,13,15). The maximum Gasteiger partial charge on any atom is 0.202 e. The molecule has 0 amide bonds. The van der Waals surface area contributed by atoms with Crippen LogP contribution in [0, 0.1) is 13.8 Å². The van der Waals surface area contributed by atoms with Gasteiger partial charge in [0.25, 0.3) is 0 Å². The van der Waals surface area contributed by atoms with E-state index < -0.39 is 0 Å². The number of hydrazine groups is 1. The van der Waals surface area contributed by atoms with Gasteiger partial charge in [-0.3, -0.25) is 10.9 Å². The summed E-state index contributed by atoms with van der Waals surface area (Å²) in [4.78, 5) is 4.47. The van der Waals surface area contributed by atoms with Crippen molar-refractivity contribution in [3.05, 3.63) is 23.3 Å². The molecule has 1 aromatic heterocycles. The molecule has 0 radical (unpaired) electrons. The second-order valence-electron chi connectivity index (χ2n) is 3.49. The molecule has 0 atom stereocenters. The molecule has 1 heterocycles. The van der Waals surface area contributed by atoms with E-state index in [1.165, 1.54) is 11.1 Å². The van der Waals surface area contributed by atoms with E-state index in [1.807, 2.05) is 0 Å². The molecule has 0 saturated heterocycles. The first-order valence-electron chi connectivity index (χ1n) is 4.76. The summed E-state index contributed by atoms with van der Waals surface area (Å²) in [5.74, 6) is 0. The number of hydrogen-bond donors (Lipinski definition) is 3. The van der Waals surface area contributed by atoms with E-state index in [1.54, 1.807) is 11.3 Å². The lowest BCUT2D eigenvalue weighted by Crippen LogP contribution is -2.33. The van der Waals surface area contributed by atoms with Crippen LogP contribution in [-0.4, -0.2) is 10.1 Å². The number of nitrogens with one attached hydrogen (secondary N) is 2. The Morgan fingerprint density at radius 1 is 1.44 bits per heavy atom. The molecular formula is C10H12N4S2. The highest BCUT2D eigenvalue weighted by atomic mass is 32.1. The van der Waals surface area contributed by atoms with E-state index in [0.29, 0.717) is 0 Å². The number of fused-ring (bicyclic) bond motifs is 1. The van der Waals surface area contributed by atoms with Crippen molar-refractivity contribution in [3.63, 3.8) is 0 Å². The summed E-state index contributed by atoms with van der Waals surface area (Å²) in [6.07, 6.45) is 0. The van der Waals surface area contributed by atoms with Crippen LogP contribution in [-0.2, 0) is 0 Å². The highest BCUT2D eigenvalue weighted by molar-refractivity contribution is 7.80. The van der Waals surface area contributed by atoms with Gasteiger partial charge in [0.1, 0.15) is 0 Å². The number of nitrogens with two attached hydrogens (primary N) is 1. The number of thiocarbonyl (C=S) groups is 1. The molecule has 0 aliphatic heterocycles. The summed E-state index contributed by atoms with van der Waals surface area (Å²) < 4.78 is 1.15. The third-order valence-corrected chi connectivity index (χ3v) is 3.42. The van der Waals surface area contributed by atoms with Crippen molar-refractivity contribution < 1.29 is 0 Å². The topological polar surface area (TPSA) is 63.0 Å². The van der Waals surface area contributed by atoms with E-state index in [9.17, 15) is 0 Å². The largest absolute Gasteiger partial charge is 0.375 e. The fraction of sp³-hybridized carbons (Fsp3) is 0.200. The smallest absolute Gasteiger partial charge is 0.202 e. The third-order valence-electron chi connectivity index (χ3n) is 2.38. The van der Waals surface area contributed by atoms with Gasteiger partial charge in [-0.2, -0.15) is 0 Å². The van der Waals surface area contributed by atoms with Crippen LogP contribution in [0.4, 0.5) is 5.13 Å². The van der Waals surface area contributed by atoms with Crippen molar-refractivity contribution in [3.8, 4) is 0 Å². The predicted octanol–water partition coefficient (Wildman–Crippen LogP) is 2.07. The van der Waals surface area contributed by atoms with Gasteiger partial charge in [-0.25, -0.2) is 4.98 Å². The van der Waals surface area contributed by atoms with Gasteiger partial charge in [0, 0.05) is 0 Å². The summed E-state index contributed by atoms with van der Waals surface area (Å²) in [6, 6.07) is 4.17. The zero-order valence-electron chi connectivity index (χ0n) is 9.00. The van der Waals surface area contributed by atoms with E-state index >= 15 is 0 Å². The number of aromatic nitrogens is 1. The van der Waals surface area contributed by atoms with Gasteiger partial charge >= 0.3 is 0 Å². The minimum absolute atomic E-state index is 0.201. The Balaban J connectivity index is 2.36. The molecule has 0 aliphatic rings. The number of rotatable bonds is 2. The molecule has 0 spiro atoms. The Kier molecular flexibility index (Phi) is 2.93. The highest BCUT2D eigenvalue weighted by Crippen LogP contribution is 2.29. The Hall–Kier alpha value is -1.40. The Labute approximate surface area is 103 Å². The minimum Gasteiger partial charge on any atom is -0.375 e. The molecule has 0 saturated carbocycles. The molecule has 0 bridgehead atoms. The first-order chi connectivity index (χ1) is 7.58. The first-order valence-corrected chi connectivity index (χ1v) is 5.98. The Morgan fingerprint density at radius 2 is 2.19 bits per heavy atom. The normalized spacial score (nSPS) is 10.4. The maximum absolute atomic E-state index is 5.32. The molecule has 1 aromatic carbocycles. The second kappa shape index (κ2) is 4.23. The van der Waals surface area contributed by atoms with Crippen LogP contribution >= 0.6 is 23.6 Å². The van der Waals surface area contributed by atoms with Crippen molar-refractivity contribution >= 4 is 44.0 Å². The fourth-order valence-corrected chi connectivity index (χ4v) is 2.32. The number of anilines is 1. The lowest BCUT2D eigenvalue weighted by Gasteiger charge is -2.02. The molecular weight excluding hydrogens is 240 g/mol. The zero-order valence-corrected chi connectivity index (χ0v) is 10.6. The maximum atomic E-state index is 5.32. The van der Waals surface area contributed by atoms with Crippen LogP contribution in [0.25, 0.3) is 10.2 Å². The van der Waals surface area contributed by atoms with Gasteiger partial charge in [-0.15, -0.1) is 0 Å². The first kappa shape index (κ1) is 11.1. The molecule has 2 rings (SSSR count). The van der Waals surface area contributed by atoms with Crippen LogP contribution in [0.3, 0.4) is 0 Å². The second-order valence-corrected chi connectivity index (χ2v) is 4.96. The zero-order chi connectivity index (χ0) is 11.7. The van der Waals surface area contributed by atoms with E-state index in [2.05, 4.69) is 41.8 Å². The fourth-order valence-electron chi connectivity index (χ4n) is 1.39. The van der Waals surface area contributed by atoms with Gasteiger partial charge in [0.05, 0.1) is 10.2 Å². The van der Waals surface area contributed by atoms with Gasteiger partial charge in [-0.1, -0.05) is 17.4 Å². The van der Waals surface area contributed by atoms with Crippen molar-refractivity contribution in [1.82, 2.24) is 10.4 Å². The van der Waals surface area contributed by atoms with Crippen LogP contribution in [0.5, 0.6) is 0 Å². The van der Waals surface area contributed by atoms with Crippen molar-refractivity contribution in [2.45, 2.75) is 13.8 Å². The SMILES string of the molecule is Cc1ccc2sc(NNC(N)=S)nc2c1C. The van der Waals surface area contributed by atoms with Crippen LogP contribution in [0.1, 0.15) is 11.1 Å². The minimum atomic E-state index is 0.201. The van der Waals surface area contributed by atoms with Crippen molar-refractivity contribution in [2.75, 3.05) is 5.43 Å². The van der Waals surface area contributed by atoms with Crippen LogP contribution < -0.4 is 16.6 Å². The van der Waals surface area contributed by atoms with E-state index in [4.69, 9.17) is 18.0 Å². The monoisotopic (exact) mass is 252 g/mol. The number of thiazole rings is 1. The average molecular weight is 252 g/mol. The molecule has 0 unspecified atom stereocenters. The third kappa shape index (κ3) is 2.07. The lowest BCUT2D eigenvalue weighted by molar-refractivity contribution is 1.12. The number of aryl methyl sites for hydroxylation is 2. The molecule has 6 heteroatoms. The molecule has 84 valence electrons. The van der Waals surface area contributed by atoms with Gasteiger partial charge in [-0.05, 0) is 43.3 Å². The Morgan fingerprint density at radius 3 is 2.88 bits per heavy atom.